The molecule has 0 saturated carbocycles. The molecule has 2 N–H and O–H groups in total. The van der Waals surface area contributed by atoms with Gasteiger partial charge >= 0.3 is 10.1 Å². The Labute approximate surface area is 115 Å². The first-order chi connectivity index (χ1) is 9.33. The number of aryl methyl sites for hydroxylation is 2. The van der Waals surface area contributed by atoms with Crippen LogP contribution in [0.1, 0.15) is 21.8 Å². The SMILES string of the molecule is Cc1noc(C)c1S(=O)(=O)Oc1ccccc1C(N)=O. The van der Waals surface area contributed by atoms with Crippen molar-refractivity contribution in [2.75, 3.05) is 0 Å². The third-order valence-corrected chi connectivity index (χ3v) is 4.05. The van der Waals surface area contributed by atoms with Crippen molar-refractivity contribution < 1.29 is 21.9 Å². The van der Waals surface area contributed by atoms with Crippen LogP contribution in [0.15, 0.2) is 33.7 Å². The van der Waals surface area contributed by atoms with Crippen LogP contribution in [0.5, 0.6) is 5.75 Å². The number of benzene rings is 1. The summed E-state index contributed by atoms with van der Waals surface area (Å²) in [6.07, 6.45) is 0. The Morgan fingerprint density at radius 1 is 1.30 bits per heavy atom. The zero-order valence-corrected chi connectivity index (χ0v) is 11.6. The first kappa shape index (κ1) is 14.1. The predicted molar refractivity (Wildman–Crippen MR) is 68.8 cm³/mol. The molecule has 1 aromatic carbocycles. The molecule has 2 aromatic rings. The van der Waals surface area contributed by atoms with Gasteiger partial charge in [0, 0.05) is 0 Å². The van der Waals surface area contributed by atoms with Crippen LogP contribution in [0.2, 0.25) is 0 Å². The summed E-state index contributed by atoms with van der Waals surface area (Å²) in [4.78, 5) is 11.1. The molecule has 1 amide bonds. The van der Waals surface area contributed by atoms with Gasteiger partial charge in [0.15, 0.2) is 16.4 Å². The number of rotatable bonds is 4. The molecule has 0 saturated heterocycles. The summed E-state index contributed by atoms with van der Waals surface area (Å²) in [7, 11) is -4.15. The van der Waals surface area contributed by atoms with Gasteiger partial charge in [0.1, 0.15) is 5.69 Å². The summed E-state index contributed by atoms with van der Waals surface area (Å²) in [5.41, 5.74) is 5.32. The Morgan fingerprint density at radius 3 is 2.50 bits per heavy atom. The Hall–Kier alpha value is -2.35. The number of hydrogen-bond donors (Lipinski definition) is 1. The van der Waals surface area contributed by atoms with E-state index in [2.05, 4.69) is 5.16 Å². The van der Waals surface area contributed by atoms with Crippen molar-refractivity contribution in [3.05, 3.63) is 41.3 Å². The molecule has 106 valence electrons. The van der Waals surface area contributed by atoms with Crippen LogP contribution in [0, 0.1) is 13.8 Å². The Morgan fingerprint density at radius 2 is 1.95 bits per heavy atom. The lowest BCUT2D eigenvalue weighted by Gasteiger charge is -2.09. The standard InChI is InChI=1S/C12H12N2O5S/c1-7-11(8(2)18-14-7)20(16,17)19-10-6-4-3-5-9(10)12(13)15/h3-6H,1-2H3,(H2,13,15). The number of amides is 1. The fraction of sp³-hybridized carbons (Fsp3) is 0.167. The van der Waals surface area contributed by atoms with E-state index in [0.717, 1.165) is 0 Å². The van der Waals surface area contributed by atoms with Gasteiger partial charge in [-0.1, -0.05) is 17.3 Å². The quantitative estimate of drug-likeness (QED) is 0.847. The van der Waals surface area contributed by atoms with Crippen LogP contribution in [0.3, 0.4) is 0 Å². The van der Waals surface area contributed by atoms with E-state index >= 15 is 0 Å². The summed E-state index contributed by atoms with van der Waals surface area (Å²) >= 11 is 0. The lowest BCUT2D eigenvalue weighted by Crippen LogP contribution is -2.17. The van der Waals surface area contributed by atoms with Gasteiger partial charge in [0.25, 0.3) is 5.91 Å². The molecule has 0 aliphatic rings. The molecule has 2 rings (SSSR count). The van der Waals surface area contributed by atoms with Crippen molar-refractivity contribution in [3.63, 3.8) is 0 Å². The lowest BCUT2D eigenvalue weighted by molar-refractivity contribution is 0.0999. The number of primary amides is 1. The molecule has 7 nitrogen and oxygen atoms in total. The Balaban J connectivity index is 2.47. The molecule has 0 spiro atoms. The second kappa shape index (κ2) is 4.97. The van der Waals surface area contributed by atoms with Crippen molar-refractivity contribution in [2.24, 2.45) is 5.73 Å². The molecule has 0 atom stereocenters. The Bertz CT molecular complexity index is 744. The molecule has 0 radical (unpaired) electrons. The van der Waals surface area contributed by atoms with Gasteiger partial charge in [-0.15, -0.1) is 0 Å². The minimum Gasteiger partial charge on any atom is -0.378 e. The van der Waals surface area contributed by atoms with Crippen molar-refractivity contribution in [2.45, 2.75) is 18.7 Å². The summed E-state index contributed by atoms with van der Waals surface area (Å²) in [6.45, 7) is 2.93. The minimum absolute atomic E-state index is 0.0252. The molecule has 8 heteroatoms. The maximum atomic E-state index is 12.2. The van der Waals surface area contributed by atoms with Gasteiger partial charge in [-0.3, -0.25) is 4.79 Å². The van der Waals surface area contributed by atoms with Gasteiger partial charge in [-0.2, -0.15) is 8.42 Å². The second-order valence-electron chi connectivity index (χ2n) is 4.05. The fourth-order valence-electron chi connectivity index (χ4n) is 1.73. The van der Waals surface area contributed by atoms with Crippen LogP contribution >= 0.6 is 0 Å². The number of carbonyl (C=O) groups excluding carboxylic acids is 1. The third kappa shape index (κ3) is 2.50. The zero-order valence-electron chi connectivity index (χ0n) is 10.8. The second-order valence-corrected chi connectivity index (χ2v) is 5.53. The van der Waals surface area contributed by atoms with Gasteiger partial charge in [0.05, 0.1) is 5.56 Å². The summed E-state index contributed by atoms with van der Waals surface area (Å²) < 4.78 is 34.2. The maximum absolute atomic E-state index is 12.2. The number of nitrogens with zero attached hydrogens (tertiary/aromatic N) is 1. The molecular weight excluding hydrogens is 284 g/mol. The molecule has 0 bridgehead atoms. The summed E-state index contributed by atoms with van der Waals surface area (Å²) in [5.74, 6) is -0.811. The van der Waals surface area contributed by atoms with E-state index in [4.69, 9.17) is 14.4 Å². The van der Waals surface area contributed by atoms with Gasteiger partial charge in [-0.25, -0.2) is 0 Å². The van der Waals surface area contributed by atoms with E-state index in [9.17, 15) is 13.2 Å². The summed E-state index contributed by atoms with van der Waals surface area (Å²) in [6, 6.07) is 5.80. The molecule has 20 heavy (non-hydrogen) atoms. The number of carbonyl (C=O) groups is 1. The molecule has 0 fully saturated rings. The van der Waals surface area contributed by atoms with E-state index in [1.807, 2.05) is 0 Å². The first-order valence-electron chi connectivity index (χ1n) is 5.59. The highest BCUT2D eigenvalue weighted by Crippen LogP contribution is 2.26. The number of nitrogens with two attached hydrogens (primary N) is 1. The van der Waals surface area contributed by atoms with Gasteiger partial charge in [0.2, 0.25) is 0 Å². The average molecular weight is 296 g/mol. The molecule has 0 aliphatic heterocycles. The van der Waals surface area contributed by atoms with Crippen molar-refractivity contribution in [3.8, 4) is 5.75 Å². The number of para-hydroxylation sites is 1. The number of hydrogen-bond acceptors (Lipinski definition) is 6. The molecular formula is C12H12N2O5S. The van der Waals surface area contributed by atoms with Crippen LogP contribution in [-0.2, 0) is 10.1 Å². The van der Waals surface area contributed by atoms with Crippen LogP contribution < -0.4 is 9.92 Å². The highest BCUT2D eigenvalue weighted by Gasteiger charge is 2.27. The van der Waals surface area contributed by atoms with Crippen molar-refractivity contribution in [1.82, 2.24) is 5.16 Å². The number of aromatic nitrogens is 1. The first-order valence-corrected chi connectivity index (χ1v) is 7.00. The van der Waals surface area contributed by atoms with E-state index < -0.39 is 16.0 Å². The van der Waals surface area contributed by atoms with Crippen LogP contribution in [0.25, 0.3) is 0 Å². The van der Waals surface area contributed by atoms with Crippen LogP contribution in [-0.4, -0.2) is 19.5 Å². The average Bonchev–Trinajstić information content (AvgIpc) is 2.69. The smallest absolute Gasteiger partial charge is 0.344 e. The van der Waals surface area contributed by atoms with Crippen molar-refractivity contribution in [1.29, 1.82) is 0 Å². The minimum atomic E-state index is -4.15. The largest absolute Gasteiger partial charge is 0.378 e. The normalized spacial score (nSPS) is 11.3. The molecule has 0 unspecified atom stereocenters. The maximum Gasteiger partial charge on any atom is 0.344 e. The monoisotopic (exact) mass is 296 g/mol. The van der Waals surface area contributed by atoms with Gasteiger partial charge in [-0.05, 0) is 26.0 Å². The fourth-order valence-corrected chi connectivity index (χ4v) is 2.99. The van der Waals surface area contributed by atoms with Gasteiger partial charge < -0.3 is 14.4 Å². The predicted octanol–water partition coefficient (Wildman–Crippen LogP) is 1.16. The molecule has 0 aliphatic carbocycles. The Kier molecular flexibility index (Phi) is 3.49. The summed E-state index contributed by atoms with van der Waals surface area (Å²) in [5, 5.41) is 3.56. The molecule has 1 aromatic heterocycles. The van der Waals surface area contributed by atoms with E-state index in [1.54, 1.807) is 6.07 Å². The van der Waals surface area contributed by atoms with Crippen molar-refractivity contribution >= 4 is 16.0 Å². The van der Waals surface area contributed by atoms with E-state index in [1.165, 1.54) is 32.0 Å². The zero-order chi connectivity index (χ0) is 14.9. The third-order valence-electron chi connectivity index (χ3n) is 2.57. The highest BCUT2D eigenvalue weighted by molar-refractivity contribution is 7.87. The van der Waals surface area contributed by atoms with Crippen LogP contribution in [0.4, 0.5) is 0 Å². The van der Waals surface area contributed by atoms with E-state index in [-0.39, 0.29) is 27.7 Å². The van der Waals surface area contributed by atoms with E-state index in [0.29, 0.717) is 0 Å². The topological polar surface area (TPSA) is 112 Å². The molecule has 1 heterocycles. The lowest BCUT2D eigenvalue weighted by atomic mass is 10.2. The highest BCUT2D eigenvalue weighted by atomic mass is 32.2.